The number of carbonyl (C=O) groups is 1. The third-order valence-corrected chi connectivity index (χ3v) is 4.28. The van der Waals surface area contributed by atoms with Crippen LogP contribution in [0.1, 0.15) is 33.3 Å². The number of hydrogen-bond acceptors (Lipinski definition) is 6. The Morgan fingerprint density at radius 3 is 2.21 bits per heavy atom. The minimum atomic E-state index is -0.354. The zero-order valence-electron chi connectivity index (χ0n) is 17.1. The van der Waals surface area contributed by atoms with E-state index in [-0.39, 0.29) is 23.7 Å². The Balaban J connectivity index is 1.60. The Kier molecular flexibility index (Phi) is 6.16. The number of anilines is 1. The second-order valence-corrected chi connectivity index (χ2v) is 7.53. The fourth-order valence-corrected chi connectivity index (χ4v) is 2.70. The lowest BCUT2D eigenvalue weighted by Crippen LogP contribution is -2.20. The van der Waals surface area contributed by atoms with E-state index in [1.54, 1.807) is 0 Å². The summed E-state index contributed by atoms with van der Waals surface area (Å²) in [6, 6.07) is 15.0. The molecule has 0 saturated heterocycles. The number of nitrogens with one attached hydrogen (secondary N) is 1. The highest BCUT2D eigenvalue weighted by molar-refractivity contribution is 5.94. The molecule has 1 N–H and O–H groups in total. The van der Waals surface area contributed by atoms with E-state index >= 15 is 0 Å². The van der Waals surface area contributed by atoms with Crippen LogP contribution in [-0.2, 0) is 10.2 Å². The van der Waals surface area contributed by atoms with E-state index in [9.17, 15) is 4.79 Å². The van der Waals surface area contributed by atoms with Crippen LogP contribution in [0.3, 0.4) is 0 Å². The normalized spacial score (nSPS) is 11.2. The Morgan fingerprint density at radius 1 is 0.966 bits per heavy atom. The predicted molar refractivity (Wildman–Crippen MR) is 110 cm³/mol. The Morgan fingerprint density at radius 2 is 1.59 bits per heavy atom. The maximum absolute atomic E-state index is 12.3. The fraction of sp³-hybridized carbons (Fsp3) is 0.318. The van der Waals surface area contributed by atoms with Gasteiger partial charge in [0, 0.05) is 5.56 Å². The molecule has 3 aromatic rings. The van der Waals surface area contributed by atoms with Gasteiger partial charge in [0.15, 0.2) is 12.3 Å². The maximum atomic E-state index is 12.3. The van der Waals surface area contributed by atoms with Crippen molar-refractivity contribution < 1.29 is 18.9 Å². The molecular formula is C22H25N3O4. The highest BCUT2D eigenvalue weighted by Crippen LogP contribution is 2.27. The van der Waals surface area contributed by atoms with Crippen molar-refractivity contribution >= 4 is 11.7 Å². The smallest absolute Gasteiger partial charge is 0.263 e. The van der Waals surface area contributed by atoms with Gasteiger partial charge in [-0.3, -0.25) is 4.79 Å². The second kappa shape index (κ2) is 8.77. The molecule has 0 fully saturated rings. The van der Waals surface area contributed by atoms with E-state index < -0.39 is 0 Å². The first-order valence-corrected chi connectivity index (χ1v) is 9.46. The van der Waals surface area contributed by atoms with Gasteiger partial charge < -0.3 is 14.8 Å². The van der Waals surface area contributed by atoms with Crippen molar-refractivity contribution in [1.29, 1.82) is 0 Å². The molecule has 1 amide bonds. The Labute approximate surface area is 170 Å². The summed E-state index contributed by atoms with van der Waals surface area (Å²) in [6.07, 6.45) is 0. The summed E-state index contributed by atoms with van der Waals surface area (Å²) >= 11 is 0. The summed E-state index contributed by atoms with van der Waals surface area (Å²) in [6.45, 7) is 8.79. The number of rotatable bonds is 7. The van der Waals surface area contributed by atoms with Crippen molar-refractivity contribution in [1.82, 2.24) is 10.3 Å². The van der Waals surface area contributed by atoms with Crippen LogP contribution < -0.4 is 14.8 Å². The van der Waals surface area contributed by atoms with Crippen molar-refractivity contribution in [3.8, 4) is 22.8 Å². The molecule has 0 saturated carbocycles. The van der Waals surface area contributed by atoms with Crippen LogP contribution in [0.25, 0.3) is 11.3 Å². The molecule has 152 valence electrons. The van der Waals surface area contributed by atoms with Gasteiger partial charge in [-0.05, 0) is 64.6 Å². The summed E-state index contributed by atoms with van der Waals surface area (Å²) in [5.41, 5.74) is 2.45. The van der Waals surface area contributed by atoms with Crippen LogP contribution in [0.4, 0.5) is 5.82 Å². The van der Waals surface area contributed by atoms with Crippen molar-refractivity contribution in [2.45, 2.75) is 33.1 Å². The van der Waals surface area contributed by atoms with E-state index in [1.807, 2.05) is 55.5 Å². The van der Waals surface area contributed by atoms with Gasteiger partial charge in [-0.25, -0.2) is 4.63 Å². The molecule has 1 heterocycles. The molecule has 0 bridgehead atoms. The van der Waals surface area contributed by atoms with E-state index in [0.29, 0.717) is 18.1 Å². The van der Waals surface area contributed by atoms with Crippen LogP contribution in [0, 0.1) is 0 Å². The first-order chi connectivity index (χ1) is 13.9. The quantitative estimate of drug-likeness (QED) is 0.636. The molecule has 0 unspecified atom stereocenters. The van der Waals surface area contributed by atoms with Crippen molar-refractivity contribution in [3.05, 3.63) is 54.1 Å². The summed E-state index contributed by atoms with van der Waals surface area (Å²) in [5, 5.41) is 10.3. The van der Waals surface area contributed by atoms with Crippen molar-refractivity contribution in [3.63, 3.8) is 0 Å². The molecule has 2 aromatic carbocycles. The maximum Gasteiger partial charge on any atom is 0.263 e. The Hall–Kier alpha value is -3.35. The molecule has 7 heteroatoms. The molecule has 7 nitrogen and oxygen atoms in total. The van der Waals surface area contributed by atoms with Gasteiger partial charge in [-0.1, -0.05) is 32.9 Å². The van der Waals surface area contributed by atoms with E-state index in [1.165, 1.54) is 5.56 Å². The second-order valence-electron chi connectivity index (χ2n) is 7.53. The molecule has 29 heavy (non-hydrogen) atoms. The van der Waals surface area contributed by atoms with Gasteiger partial charge in [0.2, 0.25) is 5.82 Å². The van der Waals surface area contributed by atoms with Crippen LogP contribution in [0.5, 0.6) is 11.5 Å². The number of carbonyl (C=O) groups excluding carboxylic acids is 1. The summed E-state index contributed by atoms with van der Waals surface area (Å²) in [7, 11) is 0. The van der Waals surface area contributed by atoms with Gasteiger partial charge in [0.25, 0.3) is 5.91 Å². The molecule has 0 atom stereocenters. The average Bonchev–Trinajstić information content (AvgIpc) is 3.15. The first-order valence-electron chi connectivity index (χ1n) is 9.46. The zero-order chi connectivity index (χ0) is 20.9. The first kappa shape index (κ1) is 20.4. The van der Waals surface area contributed by atoms with Gasteiger partial charge in [0.1, 0.15) is 11.5 Å². The number of ether oxygens (including phenoxy) is 2. The lowest BCUT2D eigenvalue weighted by molar-refractivity contribution is -0.118. The van der Waals surface area contributed by atoms with Crippen LogP contribution >= 0.6 is 0 Å². The highest BCUT2D eigenvalue weighted by atomic mass is 16.6. The van der Waals surface area contributed by atoms with E-state index in [0.717, 1.165) is 11.3 Å². The Bertz CT molecular complexity index is 941. The summed E-state index contributed by atoms with van der Waals surface area (Å²) < 4.78 is 15.8. The number of benzene rings is 2. The molecule has 0 spiro atoms. The van der Waals surface area contributed by atoms with Crippen LogP contribution in [-0.4, -0.2) is 29.4 Å². The topological polar surface area (TPSA) is 86.5 Å². The molecular weight excluding hydrogens is 370 g/mol. The fourth-order valence-electron chi connectivity index (χ4n) is 2.70. The summed E-state index contributed by atoms with van der Waals surface area (Å²) in [5.74, 6) is 1.26. The number of nitrogens with zero attached hydrogens (tertiary/aromatic N) is 2. The van der Waals surface area contributed by atoms with Gasteiger partial charge in [-0.15, -0.1) is 0 Å². The number of aromatic nitrogens is 2. The molecule has 0 aliphatic carbocycles. The van der Waals surface area contributed by atoms with Crippen LogP contribution in [0.15, 0.2) is 53.2 Å². The molecule has 0 aliphatic rings. The minimum Gasteiger partial charge on any atom is -0.494 e. The minimum absolute atomic E-state index is 0.0626. The van der Waals surface area contributed by atoms with E-state index in [4.69, 9.17) is 14.1 Å². The highest BCUT2D eigenvalue weighted by Gasteiger charge is 2.16. The largest absolute Gasteiger partial charge is 0.494 e. The van der Waals surface area contributed by atoms with Crippen LogP contribution in [0.2, 0.25) is 0 Å². The number of amides is 1. The third-order valence-electron chi connectivity index (χ3n) is 4.28. The third kappa shape index (κ3) is 5.34. The summed E-state index contributed by atoms with van der Waals surface area (Å²) in [4.78, 5) is 12.3. The predicted octanol–water partition coefficient (Wildman–Crippen LogP) is 4.45. The monoisotopic (exact) mass is 395 g/mol. The lowest BCUT2D eigenvalue weighted by atomic mass is 9.87. The van der Waals surface area contributed by atoms with Crippen molar-refractivity contribution in [2.75, 3.05) is 18.5 Å². The van der Waals surface area contributed by atoms with Gasteiger partial charge >= 0.3 is 0 Å². The lowest BCUT2D eigenvalue weighted by Gasteiger charge is -2.19. The standard InChI is InChI=1S/C22H25N3O4/c1-5-27-17-10-6-15(7-11-17)20-21(25-29-24-20)23-19(26)14-28-18-12-8-16(9-13-18)22(2,3)4/h6-13H,5,14H2,1-4H3,(H,23,25,26). The van der Waals surface area contributed by atoms with Gasteiger partial charge in [0.05, 0.1) is 6.61 Å². The SMILES string of the molecule is CCOc1ccc(-c2nonc2NC(=O)COc2ccc(C(C)(C)C)cc2)cc1. The average molecular weight is 395 g/mol. The number of hydrogen-bond donors (Lipinski definition) is 1. The zero-order valence-corrected chi connectivity index (χ0v) is 17.1. The van der Waals surface area contributed by atoms with Crippen molar-refractivity contribution in [2.24, 2.45) is 0 Å². The van der Waals surface area contributed by atoms with Gasteiger partial charge in [-0.2, -0.15) is 0 Å². The molecule has 3 rings (SSSR count). The molecule has 0 aliphatic heterocycles. The molecule has 1 aromatic heterocycles. The molecule has 0 radical (unpaired) electrons. The van der Waals surface area contributed by atoms with E-state index in [2.05, 4.69) is 36.4 Å².